The van der Waals surface area contributed by atoms with Crippen LogP contribution in [0, 0.1) is 0 Å². The van der Waals surface area contributed by atoms with E-state index in [1.54, 1.807) is 43.5 Å². The van der Waals surface area contributed by atoms with Gasteiger partial charge in [0.15, 0.2) is 11.5 Å². The highest BCUT2D eigenvalue weighted by Gasteiger charge is 2.30. The predicted molar refractivity (Wildman–Crippen MR) is 107 cm³/mol. The molecule has 0 amide bonds. The minimum atomic E-state index is -0.703. The SMILES string of the molecule is COc1cc2c(cc1OC)C(c1c(O)n(-c3ccccc3)c(=O)[nH]c1=O)NCC2. The van der Waals surface area contributed by atoms with Gasteiger partial charge in [0.2, 0.25) is 5.88 Å². The van der Waals surface area contributed by atoms with Crippen LogP contribution >= 0.6 is 0 Å². The van der Waals surface area contributed by atoms with Gasteiger partial charge in [-0.25, -0.2) is 9.36 Å². The first kappa shape index (κ1) is 18.8. The summed E-state index contributed by atoms with van der Waals surface area (Å²) in [5.41, 5.74) is 0.943. The summed E-state index contributed by atoms with van der Waals surface area (Å²) in [6.07, 6.45) is 0.725. The number of rotatable bonds is 4. The monoisotopic (exact) mass is 395 g/mol. The van der Waals surface area contributed by atoms with Crippen LogP contribution in [-0.2, 0) is 6.42 Å². The predicted octanol–water partition coefficient (Wildman–Crippen LogP) is 1.48. The third kappa shape index (κ3) is 3.17. The van der Waals surface area contributed by atoms with E-state index in [2.05, 4.69) is 10.3 Å². The van der Waals surface area contributed by atoms with Crippen molar-refractivity contribution in [2.45, 2.75) is 12.5 Å². The van der Waals surface area contributed by atoms with Crippen molar-refractivity contribution in [2.24, 2.45) is 0 Å². The lowest BCUT2D eigenvalue weighted by molar-refractivity contribution is 0.352. The number of para-hydroxylation sites is 1. The minimum absolute atomic E-state index is 0.0709. The Hall–Kier alpha value is -3.52. The second-order valence-electron chi connectivity index (χ2n) is 6.71. The Bertz CT molecular complexity index is 1170. The number of benzene rings is 2. The fourth-order valence-corrected chi connectivity index (χ4v) is 3.76. The average Bonchev–Trinajstić information content (AvgIpc) is 2.73. The van der Waals surface area contributed by atoms with Gasteiger partial charge in [-0.15, -0.1) is 0 Å². The van der Waals surface area contributed by atoms with Crippen LogP contribution < -0.4 is 26.0 Å². The molecule has 0 bridgehead atoms. The van der Waals surface area contributed by atoms with Gasteiger partial charge >= 0.3 is 5.69 Å². The number of H-pyrrole nitrogens is 1. The highest BCUT2D eigenvalue weighted by molar-refractivity contribution is 5.53. The van der Waals surface area contributed by atoms with Crippen molar-refractivity contribution < 1.29 is 14.6 Å². The van der Waals surface area contributed by atoms with Crippen LogP contribution in [0.15, 0.2) is 52.1 Å². The maximum absolute atomic E-state index is 12.7. The molecule has 0 radical (unpaired) electrons. The van der Waals surface area contributed by atoms with E-state index in [1.807, 2.05) is 6.07 Å². The largest absolute Gasteiger partial charge is 0.494 e. The molecule has 0 fully saturated rings. The molecule has 1 unspecified atom stereocenters. The molecule has 0 spiro atoms. The van der Waals surface area contributed by atoms with Crippen molar-refractivity contribution >= 4 is 0 Å². The summed E-state index contributed by atoms with van der Waals surface area (Å²) in [4.78, 5) is 27.4. The van der Waals surface area contributed by atoms with E-state index in [0.717, 1.165) is 22.1 Å². The Morgan fingerprint density at radius 2 is 1.76 bits per heavy atom. The smallest absolute Gasteiger partial charge is 0.335 e. The third-order valence-electron chi connectivity index (χ3n) is 5.12. The molecule has 3 N–H and O–H groups in total. The van der Waals surface area contributed by atoms with E-state index in [-0.39, 0.29) is 5.56 Å². The summed E-state index contributed by atoms with van der Waals surface area (Å²) in [6, 6.07) is 11.7. The van der Waals surface area contributed by atoms with Crippen molar-refractivity contribution in [3.63, 3.8) is 0 Å². The fourth-order valence-electron chi connectivity index (χ4n) is 3.76. The van der Waals surface area contributed by atoms with E-state index < -0.39 is 23.2 Å². The molecule has 2 heterocycles. The van der Waals surface area contributed by atoms with Gasteiger partial charge in [0.05, 0.1) is 31.5 Å². The van der Waals surface area contributed by atoms with Crippen LogP contribution in [0.3, 0.4) is 0 Å². The molecule has 150 valence electrons. The van der Waals surface area contributed by atoms with Gasteiger partial charge in [-0.1, -0.05) is 18.2 Å². The average molecular weight is 395 g/mol. The Balaban J connectivity index is 1.94. The van der Waals surface area contributed by atoms with Gasteiger partial charge in [0.25, 0.3) is 5.56 Å². The van der Waals surface area contributed by atoms with Crippen molar-refractivity contribution in [3.05, 3.63) is 80.0 Å². The van der Waals surface area contributed by atoms with Gasteiger partial charge in [-0.05, 0) is 41.8 Å². The molecule has 1 aliphatic heterocycles. The number of nitrogens with one attached hydrogen (secondary N) is 2. The van der Waals surface area contributed by atoms with Gasteiger partial charge in [0.1, 0.15) is 0 Å². The van der Waals surface area contributed by atoms with Crippen molar-refractivity contribution in [2.75, 3.05) is 20.8 Å². The molecule has 0 aliphatic carbocycles. The third-order valence-corrected chi connectivity index (χ3v) is 5.12. The van der Waals surface area contributed by atoms with Crippen LogP contribution in [-0.4, -0.2) is 35.4 Å². The van der Waals surface area contributed by atoms with Crippen molar-refractivity contribution in [3.8, 4) is 23.1 Å². The Morgan fingerprint density at radius 1 is 1.07 bits per heavy atom. The van der Waals surface area contributed by atoms with Crippen molar-refractivity contribution in [1.29, 1.82) is 0 Å². The second-order valence-corrected chi connectivity index (χ2v) is 6.71. The van der Waals surface area contributed by atoms with Crippen LogP contribution in [0.5, 0.6) is 17.4 Å². The highest BCUT2D eigenvalue weighted by Crippen LogP contribution is 2.38. The zero-order valence-corrected chi connectivity index (χ0v) is 16.1. The summed E-state index contributed by atoms with van der Waals surface area (Å²) < 4.78 is 11.9. The number of hydrogen-bond acceptors (Lipinski definition) is 6. The maximum Gasteiger partial charge on any atom is 0.335 e. The first-order valence-corrected chi connectivity index (χ1v) is 9.17. The lowest BCUT2D eigenvalue weighted by Gasteiger charge is -2.28. The number of ether oxygens (including phenoxy) is 2. The van der Waals surface area contributed by atoms with Gasteiger partial charge in [-0.2, -0.15) is 0 Å². The molecule has 3 aromatic rings. The Labute approximate surface area is 166 Å². The molecule has 2 aromatic carbocycles. The second kappa shape index (κ2) is 7.48. The number of aromatic hydroxyl groups is 1. The molecule has 29 heavy (non-hydrogen) atoms. The zero-order chi connectivity index (χ0) is 20.5. The summed E-state index contributed by atoms with van der Waals surface area (Å²) in [5.74, 6) is 0.719. The molecule has 4 rings (SSSR count). The molecule has 8 nitrogen and oxygen atoms in total. The summed E-state index contributed by atoms with van der Waals surface area (Å²) in [6.45, 7) is 0.594. The van der Waals surface area contributed by atoms with Crippen LogP contribution in [0.2, 0.25) is 0 Å². The standard InChI is InChI=1S/C21H21N3O5/c1-28-15-10-12-8-9-22-18(14(12)11-16(15)29-2)17-19(25)23-21(27)24(20(17)26)13-6-4-3-5-7-13/h3-7,10-11,18,22,26H,8-9H2,1-2H3,(H,23,25,27). The Kier molecular flexibility index (Phi) is 4.85. The summed E-state index contributed by atoms with van der Waals surface area (Å²) >= 11 is 0. The first-order valence-electron chi connectivity index (χ1n) is 9.17. The topological polar surface area (TPSA) is 106 Å². The van der Waals surface area contributed by atoms with E-state index in [0.29, 0.717) is 23.7 Å². The minimum Gasteiger partial charge on any atom is -0.494 e. The quantitative estimate of drug-likeness (QED) is 0.618. The van der Waals surface area contributed by atoms with Crippen LogP contribution in [0.1, 0.15) is 22.7 Å². The fraction of sp³-hybridized carbons (Fsp3) is 0.238. The lowest BCUT2D eigenvalue weighted by atomic mass is 9.90. The molecule has 1 atom stereocenters. The van der Waals surface area contributed by atoms with E-state index in [9.17, 15) is 14.7 Å². The number of aromatic amines is 1. The number of aromatic nitrogens is 2. The highest BCUT2D eigenvalue weighted by atomic mass is 16.5. The number of methoxy groups -OCH3 is 2. The van der Waals surface area contributed by atoms with E-state index in [4.69, 9.17) is 9.47 Å². The molecular weight excluding hydrogens is 374 g/mol. The Morgan fingerprint density at radius 3 is 2.45 bits per heavy atom. The molecule has 0 saturated carbocycles. The molecule has 1 aliphatic rings. The number of hydrogen-bond donors (Lipinski definition) is 3. The number of nitrogens with zero attached hydrogens (tertiary/aromatic N) is 1. The molecule has 1 aromatic heterocycles. The zero-order valence-electron chi connectivity index (χ0n) is 16.1. The number of fused-ring (bicyclic) bond motifs is 1. The molecule has 0 saturated heterocycles. The normalized spacial score (nSPS) is 15.6. The van der Waals surface area contributed by atoms with Crippen LogP contribution in [0.4, 0.5) is 0 Å². The summed E-state index contributed by atoms with van der Waals surface area (Å²) in [7, 11) is 3.10. The van der Waals surface area contributed by atoms with Crippen LogP contribution in [0.25, 0.3) is 5.69 Å². The first-order chi connectivity index (χ1) is 14.0. The van der Waals surface area contributed by atoms with Crippen molar-refractivity contribution in [1.82, 2.24) is 14.9 Å². The van der Waals surface area contributed by atoms with Gasteiger partial charge < -0.3 is 19.9 Å². The molecule has 8 heteroatoms. The summed E-state index contributed by atoms with van der Waals surface area (Å²) in [5, 5.41) is 14.2. The van der Waals surface area contributed by atoms with E-state index >= 15 is 0 Å². The lowest BCUT2D eigenvalue weighted by Crippen LogP contribution is -2.38. The van der Waals surface area contributed by atoms with Gasteiger partial charge in [0, 0.05) is 6.54 Å². The van der Waals surface area contributed by atoms with E-state index in [1.165, 1.54) is 7.11 Å². The maximum atomic E-state index is 12.7. The van der Waals surface area contributed by atoms with Gasteiger partial charge in [-0.3, -0.25) is 9.78 Å². The molecular formula is C21H21N3O5.